The van der Waals surface area contributed by atoms with Gasteiger partial charge in [-0.05, 0) is 17.7 Å². The molecule has 0 fully saturated rings. The van der Waals surface area contributed by atoms with E-state index in [9.17, 15) is 4.39 Å². The van der Waals surface area contributed by atoms with Crippen LogP contribution in [0.25, 0.3) is 0 Å². The average Bonchev–Trinajstić information content (AvgIpc) is 2.03. The SMILES string of the molecule is NC1=Nc2cc(F)ccc2C[N]1. The molecule has 4 heteroatoms. The van der Waals surface area contributed by atoms with Gasteiger partial charge in [0.2, 0.25) is 5.96 Å². The van der Waals surface area contributed by atoms with Gasteiger partial charge in [0.15, 0.2) is 0 Å². The first-order valence-corrected chi connectivity index (χ1v) is 3.56. The molecule has 1 radical (unpaired) electrons. The summed E-state index contributed by atoms with van der Waals surface area (Å²) in [6.45, 7) is 0.491. The van der Waals surface area contributed by atoms with Gasteiger partial charge >= 0.3 is 0 Å². The van der Waals surface area contributed by atoms with Gasteiger partial charge in [0.05, 0.1) is 12.2 Å². The predicted molar refractivity (Wildman–Crippen MR) is 43.5 cm³/mol. The van der Waals surface area contributed by atoms with Crippen molar-refractivity contribution in [2.45, 2.75) is 6.54 Å². The Hall–Kier alpha value is -1.58. The normalized spacial score (nSPS) is 14.6. The van der Waals surface area contributed by atoms with Crippen molar-refractivity contribution in [2.24, 2.45) is 10.7 Å². The number of benzene rings is 1. The third-order valence-corrected chi connectivity index (χ3v) is 1.69. The molecular formula is C8H7FN3. The molecule has 0 aromatic heterocycles. The van der Waals surface area contributed by atoms with E-state index in [4.69, 9.17) is 5.73 Å². The molecule has 0 unspecified atom stereocenters. The number of guanidine groups is 1. The van der Waals surface area contributed by atoms with E-state index in [1.165, 1.54) is 12.1 Å². The van der Waals surface area contributed by atoms with Crippen LogP contribution < -0.4 is 11.1 Å². The Kier molecular flexibility index (Phi) is 1.46. The van der Waals surface area contributed by atoms with Crippen LogP contribution in [0.1, 0.15) is 5.56 Å². The summed E-state index contributed by atoms with van der Waals surface area (Å²) in [6.07, 6.45) is 0. The molecular weight excluding hydrogens is 157 g/mol. The number of rotatable bonds is 0. The van der Waals surface area contributed by atoms with Gasteiger partial charge in [-0.25, -0.2) is 14.7 Å². The molecule has 3 nitrogen and oxygen atoms in total. The second-order valence-electron chi connectivity index (χ2n) is 2.56. The molecule has 1 aliphatic rings. The lowest BCUT2D eigenvalue weighted by molar-refractivity contribution is 0.626. The van der Waals surface area contributed by atoms with Crippen LogP contribution in [0.15, 0.2) is 23.2 Å². The fraction of sp³-hybridized carbons (Fsp3) is 0.125. The Morgan fingerprint density at radius 3 is 3.08 bits per heavy atom. The summed E-state index contributed by atoms with van der Waals surface area (Å²) < 4.78 is 12.7. The molecule has 0 atom stereocenters. The maximum atomic E-state index is 12.7. The van der Waals surface area contributed by atoms with E-state index in [0.717, 1.165) is 5.56 Å². The van der Waals surface area contributed by atoms with Crippen LogP contribution in [-0.4, -0.2) is 5.96 Å². The van der Waals surface area contributed by atoms with E-state index in [1.807, 2.05) is 0 Å². The summed E-state index contributed by atoms with van der Waals surface area (Å²) in [4.78, 5) is 3.89. The molecule has 12 heavy (non-hydrogen) atoms. The van der Waals surface area contributed by atoms with Crippen LogP contribution in [0.2, 0.25) is 0 Å². The van der Waals surface area contributed by atoms with Gasteiger partial charge in [0, 0.05) is 0 Å². The molecule has 0 aliphatic carbocycles. The Morgan fingerprint density at radius 1 is 1.42 bits per heavy atom. The summed E-state index contributed by atoms with van der Waals surface area (Å²) in [7, 11) is 0. The Morgan fingerprint density at radius 2 is 2.25 bits per heavy atom. The van der Waals surface area contributed by atoms with Crippen LogP contribution in [0, 0.1) is 5.82 Å². The molecule has 1 aliphatic heterocycles. The molecule has 1 heterocycles. The number of hydrogen-bond donors (Lipinski definition) is 1. The predicted octanol–water partition coefficient (Wildman–Crippen LogP) is 0.890. The minimum Gasteiger partial charge on any atom is -0.368 e. The van der Waals surface area contributed by atoms with E-state index < -0.39 is 0 Å². The molecule has 2 N–H and O–H groups in total. The monoisotopic (exact) mass is 164 g/mol. The lowest BCUT2D eigenvalue weighted by atomic mass is 10.1. The first kappa shape index (κ1) is 7.09. The topological polar surface area (TPSA) is 52.5 Å². The Bertz CT molecular complexity index is 346. The maximum absolute atomic E-state index is 12.7. The van der Waals surface area contributed by atoms with E-state index in [-0.39, 0.29) is 11.8 Å². The minimum absolute atomic E-state index is 0.216. The first-order valence-electron chi connectivity index (χ1n) is 3.56. The van der Waals surface area contributed by atoms with E-state index in [2.05, 4.69) is 10.3 Å². The number of halogens is 1. The van der Waals surface area contributed by atoms with Crippen LogP contribution in [0.4, 0.5) is 10.1 Å². The smallest absolute Gasteiger partial charge is 0.216 e. The molecule has 0 amide bonds. The Balaban J connectivity index is 2.53. The molecule has 1 aromatic carbocycles. The number of aliphatic imine (C=N–C) groups is 1. The molecule has 2 rings (SSSR count). The minimum atomic E-state index is -0.299. The zero-order valence-electron chi connectivity index (χ0n) is 6.29. The quantitative estimate of drug-likeness (QED) is 0.608. The molecule has 0 bridgehead atoms. The van der Waals surface area contributed by atoms with Crippen molar-refractivity contribution in [3.05, 3.63) is 29.6 Å². The van der Waals surface area contributed by atoms with E-state index in [0.29, 0.717) is 12.2 Å². The second kappa shape index (κ2) is 2.48. The molecule has 0 saturated heterocycles. The van der Waals surface area contributed by atoms with Crippen molar-refractivity contribution in [2.75, 3.05) is 0 Å². The van der Waals surface area contributed by atoms with Gasteiger partial charge in [0.1, 0.15) is 5.82 Å². The van der Waals surface area contributed by atoms with Gasteiger partial charge in [-0.3, -0.25) is 0 Å². The lowest BCUT2D eigenvalue weighted by Gasteiger charge is -2.11. The Labute approximate surface area is 69.1 Å². The van der Waals surface area contributed by atoms with Crippen molar-refractivity contribution >= 4 is 11.6 Å². The van der Waals surface area contributed by atoms with Gasteiger partial charge in [-0.15, -0.1) is 0 Å². The van der Waals surface area contributed by atoms with Gasteiger partial charge in [-0.1, -0.05) is 6.07 Å². The number of fused-ring (bicyclic) bond motifs is 1. The van der Waals surface area contributed by atoms with Crippen LogP contribution in [-0.2, 0) is 6.54 Å². The highest BCUT2D eigenvalue weighted by Crippen LogP contribution is 2.22. The molecule has 0 saturated carbocycles. The van der Waals surface area contributed by atoms with Crippen molar-refractivity contribution < 1.29 is 4.39 Å². The van der Waals surface area contributed by atoms with Crippen LogP contribution in [0.3, 0.4) is 0 Å². The van der Waals surface area contributed by atoms with Gasteiger partial charge in [0.25, 0.3) is 0 Å². The zero-order chi connectivity index (χ0) is 8.55. The standard InChI is InChI=1S/C8H7FN3/c9-6-2-1-5-4-11-8(10)12-7(5)3-6/h1-3H,4H2,(H2,10,12). The van der Waals surface area contributed by atoms with Crippen molar-refractivity contribution in [1.82, 2.24) is 5.32 Å². The summed E-state index contributed by atoms with van der Waals surface area (Å²) >= 11 is 0. The second-order valence-corrected chi connectivity index (χ2v) is 2.56. The van der Waals surface area contributed by atoms with E-state index in [1.54, 1.807) is 6.07 Å². The largest absolute Gasteiger partial charge is 0.368 e. The summed E-state index contributed by atoms with van der Waals surface area (Å²) in [5.41, 5.74) is 6.85. The van der Waals surface area contributed by atoms with Crippen molar-refractivity contribution in [1.29, 1.82) is 0 Å². The number of nitrogens with two attached hydrogens (primary N) is 1. The summed E-state index contributed by atoms with van der Waals surface area (Å²) in [5.74, 6) is -0.0831. The highest BCUT2D eigenvalue weighted by Gasteiger charge is 2.10. The average molecular weight is 164 g/mol. The third kappa shape index (κ3) is 1.11. The maximum Gasteiger partial charge on any atom is 0.216 e. The molecule has 1 aromatic rings. The van der Waals surface area contributed by atoms with Gasteiger partial charge in [-0.2, -0.15) is 0 Å². The van der Waals surface area contributed by atoms with Crippen molar-refractivity contribution in [3.8, 4) is 0 Å². The molecule has 61 valence electrons. The number of hydrogen-bond acceptors (Lipinski definition) is 2. The highest BCUT2D eigenvalue weighted by atomic mass is 19.1. The van der Waals surface area contributed by atoms with Crippen LogP contribution >= 0.6 is 0 Å². The summed E-state index contributed by atoms with van der Waals surface area (Å²) in [6, 6.07) is 4.42. The fourth-order valence-corrected chi connectivity index (χ4v) is 1.10. The van der Waals surface area contributed by atoms with Gasteiger partial charge < -0.3 is 5.73 Å². The zero-order valence-corrected chi connectivity index (χ0v) is 6.29. The van der Waals surface area contributed by atoms with E-state index >= 15 is 0 Å². The van der Waals surface area contributed by atoms with Crippen LogP contribution in [0.5, 0.6) is 0 Å². The highest BCUT2D eigenvalue weighted by molar-refractivity contribution is 5.82. The third-order valence-electron chi connectivity index (χ3n) is 1.69. The fourth-order valence-electron chi connectivity index (χ4n) is 1.10. The van der Waals surface area contributed by atoms with Crippen molar-refractivity contribution in [3.63, 3.8) is 0 Å². The lowest BCUT2D eigenvalue weighted by Crippen LogP contribution is -2.26. The summed E-state index contributed by atoms with van der Waals surface area (Å²) in [5, 5.41) is 3.91. The molecule has 0 spiro atoms. The first-order chi connectivity index (χ1) is 5.75. The number of nitrogens with zero attached hydrogens (tertiary/aromatic N) is 2.